The van der Waals surface area contributed by atoms with Crippen LogP contribution in [0, 0.1) is 12.8 Å². The lowest BCUT2D eigenvalue weighted by Gasteiger charge is -2.32. The molecular weight excluding hydrogens is 338 g/mol. The molecule has 6 heteroatoms. The topological polar surface area (TPSA) is 61.4 Å². The molecule has 0 saturated carbocycles. The number of likely N-dealkylation sites (N-methyl/N-ethyl adjacent to an activating group) is 1. The van der Waals surface area contributed by atoms with Crippen LogP contribution in [-0.4, -0.2) is 54.5 Å². The van der Waals surface area contributed by atoms with E-state index in [1.54, 1.807) is 12.4 Å². The van der Waals surface area contributed by atoms with Crippen molar-refractivity contribution in [2.75, 3.05) is 38.6 Å². The Morgan fingerprint density at radius 2 is 1.96 bits per heavy atom. The molecule has 3 rings (SSSR count). The van der Waals surface area contributed by atoms with Gasteiger partial charge >= 0.3 is 0 Å². The molecule has 1 saturated heterocycles. The first-order chi connectivity index (χ1) is 13.0. The lowest BCUT2D eigenvalue weighted by Crippen LogP contribution is -2.45. The lowest BCUT2D eigenvalue weighted by molar-refractivity contribution is -0.125. The molecule has 0 aliphatic carbocycles. The summed E-state index contributed by atoms with van der Waals surface area (Å²) < 4.78 is 0. The minimum absolute atomic E-state index is 0.0246. The fraction of sp³-hybridized carbons (Fsp3) is 0.476. The highest BCUT2D eigenvalue weighted by atomic mass is 16.1. The molecule has 2 aromatic rings. The van der Waals surface area contributed by atoms with Crippen molar-refractivity contribution >= 4 is 11.9 Å². The molecule has 144 valence electrons. The fourth-order valence-corrected chi connectivity index (χ4v) is 3.56. The molecule has 1 amide bonds. The number of amides is 1. The summed E-state index contributed by atoms with van der Waals surface area (Å²) in [7, 11) is 4.09. The van der Waals surface area contributed by atoms with Gasteiger partial charge in [-0.3, -0.25) is 4.79 Å². The highest BCUT2D eigenvalue weighted by Crippen LogP contribution is 2.21. The average Bonchev–Trinajstić information content (AvgIpc) is 2.70. The molecule has 6 nitrogen and oxygen atoms in total. The summed E-state index contributed by atoms with van der Waals surface area (Å²) in [6.45, 7) is 4.26. The molecule has 1 fully saturated rings. The zero-order valence-corrected chi connectivity index (χ0v) is 16.4. The first kappa shape index (κ1) is 19.3. The van der Waals surface area contributed by atoms with Gasteiger partial charge in [0, 0.05) is 32.0 Å². The van der Waals surface area contributed by atoms with E-state index in [1.807, 2.05) is 20.2 Å². The predicted molar refractivity (Wildman–Crippen MR) is 108 cm³/mol. The van der Waals surface area contributed by atoms with Crippen LogP contribution < -0.4 is 10.2 Å². The Hall–Kier alpha value is -2.47. The van der Waals surface area contributed by atoms with Gasteiger partial charge in [0.25, 0.3) is 0 Å². The van der Waals surface area contributed by atoms with Gasteiger partial charge in [-0.05, 0) is 45.5 Å². The van der Waals surface area contributed by atoms with E-state index in [0.29, 0.717) is 19.0 Å². The SMILES string of the molecule is Cc1ccc([C@H](CNC(=O)[C@H]2CCCN(c3ncccn3)C2)N(C)C)cc1. The van der Waals surface area contributed by atoms with Gasteiger partial charge in [-0.2, -0.15) is 0 Å². The number of carbonyl (C=O) groups excluding carboxylic acids is 1. The minimum atomic E-state index is -0.0246. The molecule has 0 unspecified atom stereocenters. The maximum atomic E-state index is 12.8. The van der Waals surface area contributed by atoms with Gasteiger partial charge in [0.2, 0.25) is 11.9 Å². The first-order valence-electron chi connectivity index (χ1n) is 9.57. The Labute approximate surface area is 161 Å². The normalized spacial score (nSPS) is 18.4. The zero-order valence-electron chi connectivity index (χ0n) is 16.4. The predicted octanol–water partition coefficient (Wildman–Crippen LogP) is 2.42. The molecule has 1 aliphatic heterocycles. The monoisotopic (exact) mass is 367 g/mol. The van der Waals surface area contributed by atoms with E-state index >= 15 is 0 Å². The molecule has 1 aromatic heterocycles. The summed E-state index contributed by atoms with van der Waals surface area (Å²) in [5.41, 5.74) is 2.46. The Kier molecular flexibility index (Phi) is 6.40. The van der Waals surface area contributed by atoms with Crippen molar-refractivity contribution in [3.05, 3.63) is 53.9 Å². The number of aromatic nitrogens is 2. The third-order valence-corrected chi connectivity index (χ3v) is 5.18. The molecule has 0 bridgehead atoms. The largest absolute Gasteiger partial charge is 0.354 e. The zero-order chi connectivity index (χ0) is 19.2. The van der Waals surface area contributed by atoms with Crippen molar-refractivity contribution in [1.29, 1.82) is 0 Å². The van der Waals surface area contributed by atoms with Gasteiger partial charge in [-0.15, -0.1) is 0 Å². The van der Waals surface area contributed by atoms with Crippen LogP contribution in [0.1, 0.15) is 30.0 Å². The molecule has 2 heterocycles. The second kappa shape index (κ2) is 8.95. The van der Waals surface area contributed by atoms with Crippen LogP contribution in [0.3, 0.4) is 0 Å². The third-order valence-electron chi connectivity index (χ3n) is 5.18. The second-order valence-corrected chi connectivity index (χ2v) is 7.47. The van der Waals surface area contributed by atoms with Crippen LogP contribution in [0.2, 0.25) is 0 Å². The summed E-state index contributed by atoms with van der Waals surface area (Å²) in [5, 5.41) is 3.17. The van der Waals surface area contributed by atoms with Crippen LogP contribution >= 0.6 is 0 Å². The van der Waals surface area contributed by atoms with E-state index in [9.17, 15) is 4.79 Å². The summed E-state index contributed by atoms with van der Waals surface area (Å²) >= 11 is 0. The van der Waals surface area contributed by atoms with Crippen LogP contribution in [0.4, 0.5) is 5.95 Å². The van der Waals surface area contributed by atoms with E-state index in [4.69, 9.17) is 0 Å². The van der Waals surface area contributed by atoms with E-state index in [1.165, 1.54) is 11.1 Å². The van der Waals surface area contributed by atoms with Gasteiger partial charge in [0.1, 0.15) is 0 Å². The van der Waals surface area contributed by atoms with E-state index in [0.717, 1.165) is 19.4 Å². The first-order valence-corrected chi connectivity index (χ1v) is 9.57. The van der Waals surface area contributed by atoms with E-state index in [-0.39, 0.29) is 17.9 Å². The number of rotatable bonds is 6. The number of benzene rings is 1. The van der Waals surface area contributed by atoms with Crippen molar-refractivity contribution in [1.82, 2.24) is 20.2 Å². The smallest absolute Gasteiger partial charge is 0.225 e. The number of aryl methyl sites for hydroxylation is 1. The fourth-order valence-electron chi connectivity index (χ4n) is 3.56. The highest BCUT2D eigenvalue weighted by Gasteiger charge is 2.27. The molecule has 0 spiro atoms. The Balaban J connectivity index is 1.59. The minimum Gasteiger partial charge on any atom is -0.354 e. The third kappa shape index (κ3) is 5.04. The molecule has 0 radical (unpaired) electrons. The molecule has 1 N–H and O–H groups in total. The molecule has 2 atom stereocenters. The number of hydrogen-bond donors (Lipinski definition) is 1. The summed E-state index contributed by atoms with van der Waals surface area (Å²) in [6, 6.07) is 10.5. The van der Waals surface area contributed by atoms with Gasteiger partial charge in [-0.25, -0.2) is 9.97 Å². The highest BCUT2D eigenvalue weighted by molar-refractivity contribution is 5.79. The molecule has 1 aromatic carbocycles. The van der Waals surface area contributed by atoms with Crippen molar-refractivity contribution in [3.63, 3.8) is 0 Å². The quantitative estimate of drug-likeness (QED) is 0.850. The van der Waals surface area contributed by atoms with Crippen LogP contribution in [0.25, 0.3) is 0 Å². The Morgan fingerprint density at radius 1 is 1.26 bits per heavy atom. The number of hydrogen-bond acceptors (Lipinski definition) is 5. The van der Waals surface area contributed by atoms with Gasteiger partial charge in [0.15, 0.2) is 0 Å². The van der Waals surface area contributed by atoms with Crippen LogP contribution in [0.5, 0.6) is 0 Å². The molecular formula is C21H29N5O. The van der Waals surface area contributed by atoms with Crippen molar-refractivity contribution in [2.24, 2.45) is 5.92 Å². The number of piperidine rings is 1. The van der Waals surface area contributed by atoms with E-state index < -0.39 is 0 Å². The number of nitrogens with one attached hydrogen (secondary N) is 1. The Morgan fingerprint density at radius 3 is 2.63 bits per heavy atom. The van der Waals surface area contributed by atoms with Gasteiger partial charge in [0.05, 0.1) is 12.0 Å². The molecule has 27 heavy (non-hydrogen) atoms. The standard InChI is InChI=1S/C21H29N5O/c1-16-7-9-17(10-8-16)19(25(2)3)14-24-20(27)18-6-4-13-26(15-18)21-22-11-5-12-23-21/h5,7-12,18-19H,4,6,13-15H2,1-3H3,(H,24,27)/t18-,19-/m0/s1. The van der Waals surface area contributed by atoms with Crippen LogP contribution in [0.15, 0.2) is 42.7 Å². The number of anilines is 1. The van der Waals surface area contributed by atoms with Crippen molar-refractivity contribution in [2.45, 2.75) is 25.8 Å². The summed E-state index contributed by atoms with van der Waals surface area (Å²) in [5.74, 6) is 0.804. The summed E-state index contributed by atoms with van der Waals surface area (Å²) in [6.07, 6.45) is 5.38. The lowest BCUT2D eigenvalue weighted by atomic mass is 9.97. The van der Waals surface area contributed by atoms with Crippen molar-refractivity contribution < 1.29 is 4.79 Å². The number of nitrogens with zero attached hydrogens (tertiary/aromatic N) is 4. The molecule has 1 aliphatic rings. The maximum absolute atomic E-state index is 12.8. The maximum Gasteiger partial charge on any atom is 0.225 e. The van der Waals surface area contributed by atoms with Crippen LogP contribution in [-0.2, 0) is 4.79 Å². The Bertz CT molecular complexity index is 732. The van der Waals surface area contributed by atoms with Crippen molar-refractivity contribution in [3.8, 4) is 0 Å². The van der Waals surface area contributed by atoms with Gasteiger partial charge < -0.3 is 15.1 Å². The summed E-state index contributed by atoms with van der Waals surface area (Å²) in [4.78, 5) is 25.7. The average molecular weight is 367 g/mol. The van der Waals surface area contributed by atoms with Gasteiger partial charge in [-0.1, -0.05) is 29.8 Å². The number of carbonyl (C=O) groups is 1. The second-order valence-electron chi connectivity index (χ2n) is 7.47. The van der Waals surface area contributed by atoms with E-state index in [2.05, 4.69) is 56.3 Å².